The highest BCUT2D eigenvalue weighted by molar-refractivity contribution is 7.86. The lowest BCUT2D eigenvalue weighted by Gasteiger charge is -2.17. The first-order valence-corrected chi connectivity index (χ1v) is 9.34. The van der Waals surface area contributed by atoms with E-state index in [1.54, 1.807) is 6.07 Å². The second-order valence-electron chi connectivity index (χ2n) is 5.32. The summed E-state index contributed by atoms with van der Waals surface area (Å²) in [7, 11) is -4.35. The molecule has 7 heteroatoms. The molecule has 0 aliphatic carbocycles. The van der Waals surface area contributed by atoms with Crippen molar-refractivity contribution in [1.82, 2.24) is 0 Å². The van der Waals surface area contributed by atoms with Crippen LogP contribution in [-0.4, -0.2) is 31.7 Å². The third-order valence-electron chi connectivity index (χ3n) is 3.40. The molecule has 0 aliphatic rings. The first-order valence-electron chi connectivity index (χ1n) is 7.90. The normalized spacial score (nSPS) is 12.4. The minimum atomic E-state index is -4.35. The molecule has 0 aromatic heterocycles. The summed E-state index contributed by atoms with van der Waals surface area (Å²) >= 11 is 0. The Morgan fingerprint density at radius 1 is 1.29 bits per heavy atom. The van der Waals surface area contributed by atoms with Crippen LogP contribution >= 0.6 is 0 Å². The smallest absolute Gasteiger partial charge is 0.330 e. The summed E-state index contributed by atoms with van der Waals surface area (Å²) in [5, 5.41) is 0. The first kappa shape index (κ1) is 20.2. The van der Waals surface area contributed by atoms with E-state index in [-0.39, 0.29) is 23.4 Å². The maximum atomic E-state index is 11.4. The average molecular weight is 356 g/mol. The fourth-order valence-corrected chi connectivity index (χ4v) is 2.81. The minimum absolute atomic E-state index is 0.0716. The number of unbranched alkanes of at least 4 members (excludes halogenated alkanes) is 2. The van der Waals surface area contributed by atoms with Gasteiger partial charge < -0.3 is 9.47 Å². The molecule has 24 heavy (non-hydrogen) atoms. The summed E-state index contributed by atoms with van der Waals surface area (Å²) in [5.74, 6) is -0.419. The molecule has 1 aromatic carbocycles. The minimum Gasteiger partial charge on any atom is -0.492 e. The van der Waals surface area contributed by atoms with Crippen LogP contribution in [0.25, 0.3) is 0 Å². The number of esters is 1. The lowest BCUT2D eigenvalue weighted by Crippen LogP contribution is -2.20. The van der Waals surface area contributed by atoms with Gasteiger partial charge in [0.2, 0.25) is 0 Å². The van der Waals surface area contributed by atoms with E-state index >= 15 is 0 Å². The SMILES string of the molecule is C=CC(=O)OC(CCCCC)CCOc1ccccc1S(=O)(=O)O. The topological polar surface area (TPSA) is 89.9 Å². The van der Waals surface area contributed by atoms with Crippen LogP contribution in [0.3, 0.4) is 0 Å². The molecule has 0 saturated heterocycles. The predicted molar refractivity (Wildman–Crippen MR) is 90.6 cm³/mol. The predicted octanol–water partition coefficient (Wildman–Crippen LogP) is 3.38. The standard InChI is InChI=1S/C17H24O6S/c1-3-5-6-9-14(23-17(18)4-2)12-13-22-15-10-7-8-11-16(15)24(19,20)21/h4,7-8,10-11,14H,2-3,5-6,9,12-13H2,1H3,(H,19,20,21). The van der Waals surface area contributed by atoms with Crippen LogP contribution in [0.5, 0.6) is 5.75 Å². The molecule has 0 saturated carbocycles. The lowest BCUT2D eigenvalue weighted by atomic mass is 10.1. The van der Waals surface area contributed by atoms with Gasteiger partial charge in [-0.15, -0.1) is 0 Å². The molecule has 1 atom stereocenters. The number of rotatable bonds is 11. The third kappa shape index (κ3) is 7.14. The average Bonchev–Trinajstić information content (AvgIpc) is 2.54. The summed E-state index contributed by atoms with van der Waals surface area (Å²) in [5.41, 5.74) is 0. The molecular formula is C17H24O6S. The molecule has 6 nitrogen and oxygen atoms in total. The number of hydrogen-bond acceptors (Lipinski definition) is 5. The molecular weight excluding hydrogens is 332 g/mol. The molecule has 1 N–H and O–H groups in total. The zero-order valence-electron chi connectivity index (χ0n) is 13.8. The lowest BCUT2D eigenvalue weighted by molar-refractivity contribution is -0.143. The van der Waals surface area contributed by atoms with Crippen molar-refractivity contribution in [2.45, 2.75) is 50.0 Å². The fourth-order valence-electron chi connectivity index (χ4n) is 2.18. The monoisotopic (exact) mass is 356 g/mol. The molecule has 1 unspecified atom stereocenters. The maximum Gasteiger partial charge on any atom is 0.330 e. The Balaban J connectivity index is 2.64. The second-order valence-corrected chi connectivity index (χ2v) is 6.71. The van der Waals surface area contributed by atoms with E-state index in [0.717, 1.165) is 25.3 Å². The Labute approximate surface area is 143 Å². The van der Waals surface area contributed by atoms with Crippen LogP contribution in [0.2, 0.25) is 0 Å². The van der Waals surface area contributed by atoms with E-state index in [1.165, 1.54) is 18.2 Å². The first-order chi connectivity index (χ1) is 11.4. The molecule has 0 fully saturated rings. The van der Waals surface area contributed by atoms with Crippen molar-refractivity contribution in [3.63, 3.8) is 0 Å². The van der Waals surface area contributed by atoms with Crippen LogP contribution in [0.4, 0.5) is 0 Å². The summed E-state index contributed by atoms with van der Waals surface area (Å²) in [4.78, 5) is 11.1. The molecule has 134 valence electrons. The molecule has 1 aromatic rings. The largest absolute Gasteiger partial charge is 0.492 e. The highest BCUT2D eigenvalue weighted by atomic mass is 32.2. The maximum absolute atomic E-state index is 11.4. The van der Waals surface area contributed by atoms with Gasteiger partial charge in [-0.25, -0.2) is 4.79 Å². The van der Waals surface area contributed by atoms with E-state index in [9.17, 15) is 17.8 Å². The summed E-state index contributed by atoms with van der Waals surface area (Å²) in [6.45, 7) is 5.62. The Morgan fingerprint density at radius 3 is 2.62 bits per heavy atom. The van der Waals surface area contributed by atoms with Crippen molar-refractivity contribution in [2.24, 2.45) is 0 Å². The van der Waals surface area contributed by atoms with Gasteiger partial charge in [0, 0.05) is 12.5 Å². The van der Waals surface area contributed by atoms with Crippen molar-refractivity contribution < 1.29 is 27.2 Å². The van der Waals surface area contributed by atoms with E-state index in [1.807, 2.05) is 0 Å². The van der Waals surface area contributed by atoms with E-state index in [0.29, 0.717) is 12.8 Å². The molecule has 0 bridgehead atoms. The quantitative estimate of drug-likeness (QED) is 0.283. The van der Waals surface area contributed by atoms with Crippen molar-refractivity contribution in [3.05, 3.63) is 36.9 Å². The van der Waals surface area contributed by atoms with Gasteiger partial charge in [0.25, 0.3) is 10.1 Å². The van der Waals surface area contributed by atoms with Gasteiger partial charge >= 0.3 is 5.97 Å². The van der Waals surface area contributed by atoms with Gasteiger partial charge in [0.1, 0.15) is 16.7 Å². The van der Waals surface area contributed by atoms with Crippen molar-refractivity contribution >= 4 is 16.1 Å². The van der Waals surface area contributed by atoms with Gasteiger partial charge in [0.15, 0.2) is 0 Å². The molecule has 0 aliphatic heterocycles. The summed E-state index contributed by atoms with van der Waals surface area (Å²) < 4.78 is 42.5. The zero-order chi connectivity index (χ0) is 18.0. The molecule has 0 spiro atoms. The van der Waals surface area contributed by atoms with Crippen molar-refractivity contribution in [3.8, 4) is 5.75 Å². The third-order valence-corrected chi connectivity index (χ3v) is 4.30. The van der Waals surface area contributed by atoms with Crippen LogP contribution in [0.15, 0.2) is 41.8 Å². The fraction of sp³-hybridized carbons (Fsp3) is 0.471. The van der Waals surface area contributed by atoms with E-state index < -0.39 is 16.1 Å². The zero-order valence-corrected chi connectivity index (χ0v) is 14.6. The Bertz CT molecular complexity index is 638. The van der Waals surface area contributed by atoms with E-state index in [4.69, 9.17) is 9.47 Å². The Morgan fingerprint density at radius 2 is 2.00 bits per heavy atom. The number of carbonyl (C=O) groups is 1. The van der Waals surface area contributed by atoms with Crippen LogP contribution in [0.1, 0.15) is 39.0 Å². The van der Waals surface area contributed by atoms with Crippen molar-refractivity contribution in [2.75, 3.05) is 6.61 Å². The summed E-state index contributed by atoms with van der Waals surface area (Å²) in [6, 6.07) is 5.84. The number of carbonyl (C=O) groups excluding carboxylic acids is 1. The van der Waals surface area contributed by atoms with Crippen LogP contribution < -0.4 is 4.74 Å². The van der Waals surface area contributed by atoms with Crippen LogP contribution in [-0.2, 0) is 19.6 Å². The highest BCUT2D eigenvalue weighted by Gasteiger charge is 2.17. The highest BCUT2D eigenvalue weighted by Crippen LogP contribution is 2.23. The van der Waals surface area contributed by atoms with Gasteiger partial charge in [-0.2, -0.15) is 8.42 Å². The molecule has 0 radical (unpaired) electrons. The van der Waals surface area contributed by atoms with Crippen LogP contribution in [0, 0.1) is 0 Å². The number of benzene rings is 1. The second kappa shape index (κ2) is 10.1. The molecule has 0 heterocycles. The van der Waals surface area contributed by atoms with E-state index in [2.05, 4.69) is 13.5 Å². The molecule has 0 amide bonds. The van der Waals surface area contributed by atoms with Gasteiger partial charge in [0.05, 0.1) is 6.61 Å². The van der Waals surface area contributed by atoms with Gasteiger partial charge in [-0.3, -0.25) is 4.55 Å². The number of hydrogen-bond donors (Lipinski definition) is 1. The Kier molecular flexibility index (Phi) is 8.49. The van der Waals surface area contributed by atoms with Gasteiger partial charge in [-0.05, 0) is 25.0 Å². The summed E-state index contributed by atoms with van der Waals surface area (Å²) in [6.07, 6.45) is 4.93. The van der Waals surface area contributed by atoms with Gasteiger partial charge in [-0.1, -0.05) is 38.5 Å². The number of ether oxygens (including phenoxy) is 2. The Hall–Kier alpha value is -1.86. The molecule has 1 rings (SSSR count). The number of para-hydroxylation sites is 1. The van der Waals surface area contributed by atoms with Crippen molar-refractivity contribution in [1.29, 1.82) is 0 Å².